The first-order valence-electron chi connectivity index (χ1n) is 9.22. The number of carbonyl (C=O) groups is 1. The van der Waals surface area contributed by atoms with E-state index in [1.807, 2.05) is 12.1 Å². The zero-order valence-corrected chi connectivity index (χ0v) is 15.3. The lowest BCUT2D eigenvalue weighted by atomic mass is 10.1. The van der Waals surface area contributed by atoms with Crippen LogP contribution in [-0.2, 0) is 6.54 Å². The molecule has 7 heteroatoms. The van der Waals surface area contributed by atoms with Crippen LogP contribution in [0.2, 0.25) is 0 Å². The van der Waals surface area contributed by atoms with Gasteiger partial charge in [0.25, 0.3) is 0 Å². The highest BCUT2D eigenvalue weighted by Crippen LogP contribution is 2.18. The van der Waals surface area contributed by atoms with E-state index >= 15 is 0 Å². The molecule has 2 aromatic rings. The Morgan fingerprint density at radius 2 is 1.96 bits per heavy atom. The van der Waals surface area contributed by atoms with Crippen LogP contribution in [0.5, 0.6) is 0 Å². The van der Waals surface area contributed by atoms with Crippen molar-refractivity contribution in [1.29, 1.82) is 0 Å². The van der Waals surface area contributed by atoms with Crippen molar-refractivity contribution in [2.75, 3.05) is 18.0 Å². The predicted octanol–water partition coefficient (Wildman–Crippen LogP) is 3.91. The molecule has 0 aliphatic carbocycles. The van der Waals surface area contributed by atoms with Crippen molar-refractivity contribution in [2.24, 2.45) is 0 Å². The molecule has 1 aromatic carbocycles. The Morgan fingerprint density at radius 1 is 1.19 bits per heavy atom. The van der Waals surface area contributed by atoms with Crippen LogP contribution >= 0.6 is 0 Å². The standard InChI is InChI=1S/C20H24F2N4O/c1-14(17-7-6-16(21)11-18(17)22)25-20(27)24-13-15-5-8-19(23-12-15)26-9-3-2-4-10-26/h5-8,11-12,14H,2-4,9-10,13H2,1H3,(H2,24,25,27). The molecule has 0 radical (unpaired) electrons. The van der Waals surface area contributed by atoms with Gasteiger partial charge < -0.3 is 15.5 Å². The molecule has 0 bridgehead atoms. The van der Waals surface area contributed by atoms with Gasteiger partial charge in [-0.15, -0.1) is 0 Å². The van der Waals surface area contributed by atoms with Gasteiger partial charge in [-0.1, -0.05) is 12.1 Å². The summed E-state index contributed by atoms with van der Waals surface area (Å²) >= 11 is 0. The zero-order chi connectivity index (χ0) is 19.2. The summed E-state index contributed by atoms with van der Waals surface area (Å²) in [4.78, 5) is 18.8. The number of amides is 2. The molecule has 5 nitrogen and oxygen atoms in total. The Balaban J connectivity index is 1.49. The number of nitrogens with zero attached hydrogens (tertiary/aromatic N) is 2. The molecular formula is C20H24F2N4O. The summed E-state index contributed by atoms with van der Waals surface area (Å²) in [5.74, 6) is -0.364. The van der Waals surface area contributed by atoms with E-state index in [1.54, 1.807) is 13.1 Å². The summed E-state index contributed by atoms with van der Waals surface area (Å²) in [6.07, 6.45) is 5.41. The fraction of sp³-hybridized carbons (Fsp3) is 0.400. The van der Waals surface area contributed by atoms with Crippen LogP contribution in [0, 0.1) is 11.6 Å². The second-order valence-corrected chi connectivity index (χ2v) is 6.79. The average molecular weight is 374 g/mol. The van der Waals surface area contributed by atoms with Crippen molar-refractivity contribution < 1.29 is 13.6 Å². The number of piperidine rings is 1. The van der Waals surface area contributed by atoms with Gasteiger partial charge in [0.05, 0.1) is 6.04 Å². The molecule has 1 aliphatic rings. The SMILES string of the molecule is CC(NC(=O)NCc1ccc(N2CCCCC2)nc1)c1ccc(F)cc1F. The number of pyridine rings is 1. The third-order valence-electron chi connectivity index (χ3n) is 4.72. The summed E-state index contributed by atoms with van der Waals surface area (Å²) in [5.41, 5.74) is 1.12. The molecule has 1 fully saturated rings. The minimum Gasteiger partial charge on any atom is -0.357 e. The summed E-state index contributed by atoms with van der Waals surface area (Å²) in [5, 5.41) is 5.38. The van der Waals surface area contributed by atoms with E-state index in [4.69, 9.17) is 0 Å². The minimum atomic E-state index is -0.680. The minimum absolute atomic E-state index is 0.235. The van der Waals surface area contributed by atoms with Crippen molar-refractivity contribution in [3.8, 4) is 0 Å². The molecule has 1 aromatic heterocycles. The van der Waals surface area contributed by atoms with Crippen molar-refractivity contribution in [3.05, 3.63) is 59.3 Å². The van der Waals surface area contributed by atoms with E-state index in [9.17, 15) is 13.6 Å². The quantitative estimate of drug-likeness (QED) is 0.834. The molecule has 1 saturated heterocycles. The van der Waals surface area contributed by atoms with Crippen molar-refractivity contribution in [1.82, 2.24) is 15.6 Å². The van der Waals surface area contributed by atoms with Crippen LogP contribution in [0.15, 0.2) is 36.5 Å². The number of anilines is 1. The average Bonchev–Trinajstić information content (AvgIpc) is 2.67. The highest BCUT2D eigenvalue weighted by molar-refractivity contribution is 5.74. The van der Waals surface area contributed by atoms with Gasteiger partial charge in [0.15, 0.2) is 0 Å². The van der Waals surface area contributed by atoms with Gasteiger partial charge in [-0.2, -0.15) is 0 Å². The van der Waals surface area contributed by atoms with E-state index in [0.717, 1.165) is 30.5 Å². The molecule has 0 spiro atoms. The second kappa shape index (κ2) is 8.79. The predicted molar refractivity (Wildman–Crippen MR) is 100 cm³/mol. The molecule has 2 N–H and O–H groups in total. The van der Waals surface area contributed by atoms with Crippen molar-refractivity contribution in [2.45, 2.75) is 38.8 Å². The number of rotatable bonds is 5. The van der Waals surface area contributed by atoms with Gasteiger partial charge in [-0.25, -0.2) is 18.6 Å². The summed E-state index contributed by atoms with van der Waals surface area (Å²) < 4.78 is 26.7. The molecule has 1 atom stereocenters. The topological polar surface area (TPSA) is 57.3 Å². The molecule has 1 aliphatic heterocycles. The molecule has 144 valence electrons. The number of urea groups is 1. The highest BCUT2D eigenvalue weighted by Gasteiger charge is 2.15. The first-order valence-corrected chi connectivity index (χ1v) is 9.22. The first kappa shape index (κ1) is 19.1. The van der Waals surface area contributed by atoms with Gasteiger partial charge >= 0.3 is 6.03 Å². The van der Waals surface area contributed by atoms with Crippen LogP contribution < -0.4 is 15.5 Å². The Bertz CT molecular complexity index is 776. The van der Waals surface area contributed by atoms with E-state index in [2.05, 4.69) is 20.5 Å². The largest absolute Gasteiger partial charge is 0.357 e. The Labute approximate surface area is 157 Å². The Hall–Kier alpha value is -2.70. The van der Waals surface area contributed by atoms with Crippen LogP contribution in [0.25, 0.3) is 0 Å². The maximum absolute atomic E-state index is 13.8. The summed E-state index contributed by atoms with van der Waals surface area (Å²) in [6, 6.07) is 6.22. The van der Waals surface area contributed by atoms with E-state index < -0.39 is 23.7 Å². The van der Waals surface area contributed by atoms with E-state index in [-0.39, 0.29) is 5.56 Å². The third-order valence-corrected chi connectivity index (χ3v) is 4.72. The van der Waals surface area contributed by atoms with Crippen molar-refractivity contribution >= 4 is 11.8 Å². The fourth-order valence-electron chi connectivity index (χ4n) is 3.19. The normalized spacial score (nSPS) is 15.3. The van der Waals surface area contributed by atoms with Crippen LogP contribution in [-0.4, -0.2) is 24.1 Å². The van der Waals surface area contributed by atoms with Crippen LogP contribution in [0.3, 0.4) is 0 Å². The number of aromatic nitrogens is 1. The lowest BCUT2D eigenvalue weighted by Gasteiger charge is -2.27. The molecule has 2 heterocycles. The van der Waals surface area contributed by atoms with Crippen LogP contribution in [0.4, 0.5) is 19.4 Å². The van der Waals surface area contributed by atoms with Gasteiger partial charge in [-0.3, -0.25) is 0 Å². The molecule has 1 unspecified atom stereocenters. The monoisotopic (exact) mass is 374 g/mol. The van der Waals surface area contributed by atoms with E-state index in [0.29, 0.717) is 6.54 Å². The number of hydrogen-bond donors (Lipinski definition) is 2. The maximum Gasteiger partial charge on any atom is 0.315 e. The number of hydrogen-bond acceptors (Lipinski definition) is 3. The fourth-order valence-corrected chi connectivity index (χ4v) is 3.19. The van der Waals surface area contributed by atoms with Gasteiger partial charge in [-0.05, 0) is 43.9 Å². The maximum atomic E-state index is 13.8. The number of halogens is 2. The lowest BCUT2D eigenvalue weighted by Crippen LogP contribution is -2.37. The third kappa shape index (κ3) is 5.15. The molecule has 27 heavy (non-hydrogen) atoms. The van der Waals surface area contributed by atoms with Crippen LogP contribution in [0.1, 0.15) is 43.4 Å². The Morgan fingerprint density at radius 3 is 2.63 bits per heavy atom. The number of carbonyl (C=O) groups excluding carboxylic acids is 1. The highest BCUT2D eigenvalue weighted by atomic mass is 19.1. The smallest absolute Gasteiger partial charge is 0.315 e. The van der Waals surface area contributed by atoms with Gasteiger partial charge in [0, 0.05) is 37.5 Å². The number of nitrogens with one attached hydrogen (secondary N) is 2. The lowest BCUT2D eigenvalue weighted by molar-refractivity contribution is 0.237. The van der Waals surface area contributed by atoms with Gasteiger partial charge in [0.1, 0.15) is 17.5 Å². The van der Waals surface area contributed by atoms with Gasteiger partial charge in [0.2, 0.25) is 0 Å². The number of benzene rings is 1. The van der Waals surface area contributed by atoms with E-state index in [1.165, 1.54) is 31.4 Å². The zero-order valence-electron chi connectivity index (χ0n) is 15.3. The molecular weight excluding hydrogens is 350 g/mol. The molecule has 0 saturated carbocycles. The second-order valence-electron chi connectivity index (χ2n) is 6.79. The summed E-state index contributed by atoms with van der Waals surface area (Å²) in [7, 11) is 0. The first-order chi connectivity index (χ1) is 13.0. The summed E-state index contributed by atoms with van der Waals surface area (Å²) in [6.45, 7) is 4.03. The van der Waals surface area contributed by atoms with Crippen molar-refractivity contribution in [3.63, 3.8) is 0 Å². The molecule has 2 amide bonds. The Kier molecular flexibility index (Phi) is 6.21. The molecule has 3 rings (SSSR count).